The molecule has 14 heavy (non-hydrogen) atoms. The summed E-state index contributed by atoms with van der Waals surface area (Å²) in [5.41, 5.74) is 8.10. The summed E-state index contributed by atoms with van der Waals surface area (Å²) in [6.07, 6.45) is 5.03. The fourth-order valence-corrected chi connectivity index (χ4v) is 1.62. The molecule has 0 saturated heterocycles. The molecule has 0 radical (unpaired) electrons. The third-order valence-corrected chi connectivity index (χ3v) is 2.29. The minimum atomic E-state index is 0.693. The summed E-state index contributed by atoms with van der Waals surface area (Å²) in [4.78, 5) is 0. The van der Waals surface area contributed by atoms with Gasteiger partial charge in [0.05, 0.1) is 0 Å². The van der Waals surface area contributed by atoms with E-state index in [0.29, 0.717) is 6.54 Å². The monoisotopic (exact) mass is 186 g/mol. The van der Waals surface area contributed by atoms with Gasteiger partial charge in [0.1, 0.15) is 0 Å². The van der Waals surface area contributed by atoms with Gasteiger partial charge in [-0.3, -0.25) is 0 Å². The average molecular weight is 186 g/mol. The Hall–Kier alpha value is -1.54. The van der Waals surface area contributed by atoms with Gasteiger partial charge in [-0.1, -0.05) is 18.2 Å². The number of para-hydroxylation sites is 1. The zero-order valence-corrected chi connectivity index (χ0v) is 8.06. The molecule has 2 aromatic rings. The van der Waals surface area contributed by atoms with Crippen molar-refractivity contribution in [1.82, 2.24) is 4.57 Å². The van der Waals surface area contributed by atoms with Crippen molar-refractivity contribution in [2.24, 2.45) is 5.73 Å². The summed E-state index contributed by atoms with van der Waals surface area (Å²) < 4.78 is 2.12. The molecule has 0 spiro atoms. The van der Waals surface area contributed by atoms with Gasteiger partial charge in [-0.05, 0) is 36.7 Å². The van der Waals surface area contributed by atoms with Crippen LogP contribution >= 0.6 is 0 Å². The van der Waals surface area contributed by atoms with Gasteiger partial charge < -0.3 is 10.3 Å². The highest BCUT2D eigenvalue weighted by Gasteiger charge is 2.00. The Labute approximate surface area is 84.0 Å². The molecular weight excluding hydrogens is 172 g/mol. The van der Waals surface area contributed by atoms with Crippen LogP contribution in [0.3, 0.4) is 0 Å². The lowest BCUT2D eigenvalue weighted by Gasteiger charge is -2.09. The highest BCUT2D eigenvalue weighted by Crippen LogP contribution is 2.14. The molecular formula is C12H14N2. The van der Waals surface area contributed by atoms with Crippen molar-refractivity contribution in [2.45, 2.75) is 6.42 Å². The number of nitrogens with zero attached hydrogens (tertiary/aromatic N) is 1. The molecule has 0 amide bonds. The second kappa shape index (κ2) is 4.11. The van der Waals surface area contributed by atoms with Gasteiger partial charge in [0.25, 0.3) is 0 Å². The van der Waals surface area contributed by atoms with Crippen LogP contribution in [0.5, 0.6) is 0 Å². The molecule has 0 aliphatic carbocycles. The minimum Gasteiger partial charge on any atom is -0.330 e. The SMILES string of the molecule is NCCc1ccccc1-n1cccc1. The summed E-state index contributed by atoms with van der Waals surface area (Å²) in [7, 11) is 0. The molecule has 2 N–H and O–H groups in total. The van der Waals surface area contributed by atoms with E-state index in [4.69, 9.17) is 5.73 Å². The lowest BCUT2D eigenvalue weighted by atomic mass is 10.1. The van der Waals surface area contributed by atoms with Crippen LogP contribution in [-0.4, -0.2) is 11.1 Å². The fourth-order valence-electron chi connectivity index (χ4n) is 1.62. The summed E-state index contributed by atoms with van der Waals surface area (Å²) in [6, 6.07) is 12.4. The van der Waals surface area contributed by atoms with Gasteiger partial charge in [-0.2, -0.15) is 0 Å². The first-order chi connectivity index (χ1) is 6.92. The maximum absolute atomic E-state index is 5.57. The first kappa shape index (κ1) is 9.03. The zero-order chi connectivity index (χ0) is 9.80. The van der Waals surface area contributed by atoms with Crippen molar-refractivity contribution in [3.05, 3.63) is 54.4 Å². The molecule has 0 unspecified atom stereocenters. The Morgan fingerprint density at radius 3 is 2.43 bits per heavy atom. The lowest BCUT2D eigenvalue weighted by Crippen LogP contribution is -2.05. The third-order valence-electron chi connectivity index (χ3n) is 2.29. The van der Waals surface area contributed by atoms with E-state index in [0.717, 1.165) is 6.42 Å². The lowest BCUT2D eigenvalue weighted by molar-refractivity contribution is 0.938. The smallest absolute Gasteiger partial charge is 0.0481 e. The fraction of sp³-hybridized carbons (Fsp3) is 0.167. The van der Waals surface area contributed by atoms with Crippen molar-refractivity contribution in [3.8, 4) is 5.69 Å². The van der Waals surface area contributed by atoms with E-state index < -0.39 is 0 Å². The molecule has 0 aliphatic heterocycles. The summed E-state index contributed by atoms with van der Waals surface area (Å²) in [5, 5.41) is 0. The molecule has 2 rings (SSSR count). The topological polar surface area (TPSA) is 30.9 Å². The van der Waals surface area contributed by atoms with E-state index >= 15 is 0 Å². The van der Waals surface area contributed by atoms with Crippen LogP contribution in [0.2, 0.25) is 0 Å². The van der Waals surface area contributed by atoms with Crippen LogP contribution in [-0.2, 0) is 6.42 Å². The van der Waals surface area contributed by atoms with Crippen LogP contribution < -0.4 is 5.73 Å². The highest BCUT2D eigenvalue weighted by atomic mass is 14.9. The quantitative estimate of drug-likeness (QED) is 0.780. The largest absolute Gasteiger partial charge is 0.330 e. The predicted octanol–water partition coefficient (Wildman–Crippen LogP) is 1.98. The van der Waals surface area contributed by atoms with Gasteiger partial charge in [0.2, 0.25) is 0 Å². The van der Waals surface area contributed by atoms with Crippen molar-refractivity contribution in [3.63, 3.8) is 0 Å². The van der Waals surface area contributed by atoms with Gasteiger partial charge >= 0.3 is 0 Å². The van der Waals surface area contributed by atoms with Crippen molar-refractivity contribution in [1.29, 1.82) is 0 Å². The maximum Gasteiger partial charge on any atom is 0.0481 e. The molecule has 1 aromatic carbocycles. The van der Waals surface area contributed by atoms with Gasteiger partial charge in [0.15, 0.2) is 0 Å². The van der Waals surface area contributed by atoms with E-state index in [1.54, 1.807) is 0 Å². The molecule has 1 aromatic heterocycles. The predicted molar refractivity (Wildman–Crippen MR) is 58.5 cm³/mol. The number of hydrogen-bond donors (Lipinski definition) is 1. The average Bonchev–Trinajstić information content (AvgIpc) is 2.72. The van der Waals surface area contributed by atoms with Crippen LogP contribution in [0.1, 0.15) is 5.56 Å². The second-order valence-corrected chi connectivity index (χ2v) is 3.26. The first-order valence-electron chi connectivity index (χ1n) is 4.83. The molecule has 0 saturated carbocycles. The van der Waals surface area contributed by atoms with Crippen molar-refractivity contribution >= 4 is 0 Å². The molecule has 0 bridgehead atoms. The van der Waals surface area contributed by atoms with Gasteiger partial charge in [-0.25, -0.2) is 0 Å². The van der Waals surface area contributed by atoms with Crippen molar-refractivity contribution < 1.29 is 0 Å². The minimum absolute atomic E-state index is 0.693. The van der Waals surface area contributed by atoms with E-state index in [1.165, 1.54) is 11.3 Å². The maximum atomic E-state index is 5.57. The first-order valence-corrected chi connectivity index (χ1v) is 4.83. The molecule has 1 heterocycles. The normalized spacial score (nSPS) is 10.4. The van der Waals surface area contributed by atoms with Gasteiger partial charge in [-0.15, -0.1) is 0 Å². The standard InChI is InChI=1S/C12H14N2/c13-8-7-11-5-1-2-6-12(11)14-9-3-4-10-14/h1-6,9-10H,7-8,13H2. The Balaban J connectivity index is 2.42. The molecule has 2 nitrogen and oxygen atoms in total. The molecule has 0 aliphatic rings. The molecule has 2 heteroatoms. The number of hydrogen-bond acceptors (Lipinski definition) is 1. The van der Waals surface area contributed by atoms with E-state index in [9.17, 15) is 0 Å². The Morgan fingerprint density at radius 2 is 1.71 bits per heavy atom. The third kappa shape index (κ3) is 1.70. The molecule has 72 valence electrons. The molecule has 0 fully saturated rings. The zero-order valence-electron chi connectivity index (χ0n) is 8.06. The second-order valence-electron chi connectivity index (χ2n) is 3.26. The number of rotatable bonds is 3. The van der Waals surface area contributed by atoms with E-state index in [2.05, 4.69) is 41.2 Å². The summed E-state index contributed by atoms with van der Waals surface area (Å²) >= 11 is 0. The van der Waals surface area contributed by atoms with Crippen LogP contribution in [0.15, 0.2) is 48.8 Å². The number of aromatic nitrogens is 1. The summed E-state index contributed by atoms with van der Waals surface area (Å²) in [6.45, 7) is 0.693. The summed E-state index contributed by atoms with van der Waals surface area (Å²) in [5.74, 6) is 0. The molecule has 0 atom stereocenters. The van der Waals surface area contributed by atoms with Crippen molar-refractivity contribution in [2.75, 3.05) is 6.54 Å². The number of benzene rings is 1. The van der Waals surface area contributed by atoms with Crippen LogP contribution in [0, 0.1) is 0 Å². The Bertz CT molecular complexity index is 390. The Kier molecular flexibility index (Phi) is 2.65. The van der Waals surface area contributed by atoms with E-state index in [-0.39, 0.29) is 0 Å². The van der Waals surface area contributed by atoms with E-state index in [1.807, 2.05) is 12.1 Å². The number of nitrogens with two attached hydrogens (primary N) is 1. The van der Waals surface area contributed by atoms with Crippen LogP contribution in [0.25, 0.3) is 5.69 Å². The van der Waals surface area contributed by atoms with Crippen LogP contribution in [0.4, 0.5) is 0 Å². The Morgan fingerprint density at radius 1 is 1.00 bits per heavy atom. The van der Waals surface area contributed by atoms with Gasteiger partial charge in [0, 0.05) is 18.1 Å². The highest BCUT2D eigenvalue weighted by molar-refractivity contribution is 5.41.